The average molecular weight is 912 g/mol. The van der Waals surface area contributed by atoms with Gasteiger partial charge in [0.25, 0.3) is 0 Å². The van der Waals surface area contributed by atoms with Gasteiger partial charge in [-0.05, 0) is 180 Å². The van der Waals surface area contributed by atoms with Crippen LogP contribution in [0.1, 0.15) is 103 Å². The minimum Gasteiger partial charge on any atom is -0.310 e. The number of aryl methyl sites for hydroxylation is 1. The number of benzene rings is 9. The molecule has 3 heteroatoms. The van der Waals surface area contributed by atoms with Crippen LogP contribution >= 0.6 is 0 Å². The lowest BCUT2D eigenvalue weighted by Gasteiger charge is -2.28. The summed E-state index contributed by atoms with van der Waals surface area (Å²) in [6.07, 6.45) is 5.37. The average Bonchev–Trinajstić information content (AvgIpc) is 3.83. The second kappa shape index (κ2) is 16.0. The van der Waals surface area contributed by atoms with E-state index >= 15 is 0 Å². The monoisotopic (exact) mass is 911 g/mol. The highest BCUT2D eigenvalue weighted by molar-refractivity contribution is 5.90. The Kier molecular flexibility index (Phi) is 9.96. The van der Waals surface area contributed by atoms with Gasteiger partial charge in [0.05, 0.1) is 0 Å². The van der Waals surface area contributed by atoms with Crippen LogP contribution in [-0.4, -0.2) is 0 Å². The highest BCUT2D eigenvalue weighted by atomic mass is 19.1. The molecule has 0 heterocycles. The first-order chi connectivity index (χ1) is 33.6. The number of anilines is 3. The van der Waals surface area contributed by atoms with Gasteiger partial charge in [0.15, 0.2) is 0 Å². The van der Waals surface area contributed by atoms with Crippen LogP contribution < -0.4 is 4.90 Å². The molecule has 70 heavy (non-hydrogen) atoms. The number of hydrogen-bond donors (Lipinski definition) is 0. The van der Waals surface area contributed by atoms with Crippen LogP contribution in [-0.2, 0) is 22.7 Å². The van der Waals surface area contributed by atoms with E-state index in [1.807, 2.05) is 24.3 Å². The number of rotatable bonds is 8. The molecular weight excluding hydrogens is 857 g/mol. The van der Waals surface area contributed by atoms with Crippen LogP contribution in [0, 0.1) is 18.6 Å². The van der Waals surface area contributed by atoms with Gasteiger partial charge in [-0.3, -0.25) is 0 Å². The molecule has 9 aromatic rings. The fourth-order valence-corrected chi connectivity index (χ4v) is 12.1. The van der Waals surface area contributed by atoms with Gasteiger partial charge in [-0.15, -0.1) is 0 Å². The van der Waals surface area contributed by atoms with Gasteiger partial charge in [0, 0.05) is 33.3 Å². The third-order valence-corrected chi connectivity index (χ3v) is 15.8. The molecule has 0 atom stereocenters. The number of nitrogens with zero attached hydrogens (tertiary/aromatic N) is 1. The zero-order chi connectivity index (χ0) is 48.3. The molecule has 0 fully saturated rings. The zero-order valence-electron chi connectivity index (χ0n) is 40.9. The van der Waals surface area contributed by atoms with E-state index in [1.54, 1.807) is 12.1 Å². The summed E-state index contributed by atoms with van der Waals surface area (Å²) in [5, 5.41) is 0. The Morgan fingerprint density at radius 2 is 0.829 bits per heavy atom. The minimum absolute atomic E-state index is 0.156. The Morgan fingerprint density at radius 3 is 1.41 bits per heavy atom. The summed E-state index contributed by atoms with van der Waals surface area (Å²) in [5.74, 6) is -0.462. The van der Waals surface area contributed by atoms with Gasteiger partial charge in [-0.25, -0.2) is 8.78 Å². The van der Waals surface area contributed by atoms with Crippen molar-refractivity contribution < 1.29 is 8.78 Å². The molecule has 0 radical (unpaired) electrons. The van der Waals surface area contributed by atoms with E-state index in [0.717, 1.165) is 29.0 Å². The predicted molar refractivity (Wildman–Crippen MR) is 289 cm³/mol. The van der Waals surface area contributed by atoms with Gasteiger partial charge in [0.2, 0.25) is 0 Å². The molecule has 0 saturated heterocycles. The van der Waals surface area contributed by atoms with E-state index in [9.17, 15) is 8.78 Å². The van der Waals surface area contributed by atoms with Crippen LogP contribution in [0.3, 0.4) is 0 Å². The van der Waals surface area contributed by atoms with E-state index in [1.165, 1.54) is 112 Å². The number of halogens is 2. The van der Waals surface area contributed by atoms with Crippen LogP contribution in [0.15, 0.2) is 182 Å². The molecule has 3 aliphatic carbocycles. The molecule has 0 spiro atoms. The van der Waals surface area contributed by atoms with Crippen molar-refractivity contribution in [1.82, 2.24) is 0 Å². The first-order valence-electron chi connectivity index (χ1n) is 24.6. The third kappa shape index (κ3) is 7.00. The first kappa shape index (κ1) is 43.6. The topological polar surface area (TPSA) is 3.24 Å². The molecule has 1 nitrogen and oxygen atoms in total. The molecule has 0 amide bonds. The minimum atomic E-state index is -0.246. The van der Waals surface area contributed by atoms with E-state index in [4.69, 9.17) is 0 Å². The second-order valence-corrected chi connectivity index (χ2v) is 21.4. The summed E-state index contributed by atoms with van der Waals surface area (Å²) >= 11 is 0. The number of hydrogen-bond acceptors (Lipinski definition) is 1. The molecule has 0 N–H and O–H groups in total. The van der Waals surface area contributed by atoms with E-state index in [-0.39, 0.29) is 27.9 Å². The summed E-state index contributed by atoms with van der Waals surface area (Å²) in [6.45, 7) is 16.2. The number of fused-ring (bicyclic) bond motifs is 9. The Morgan fingerprint density at radius 1 is 0.386 bits per heavy atom. The van der Waals surface area contributed by atoms with Crippen molar-refractivity contribution in [1.29, 1.82) is 0 Å². The summed E-state index contributed by atoms with van der Waals surface area (Å²) < 4.78 is 28.0. The predicted octanol–water partition coefficient (Wildman–Crippen LogP) is 18.1. The van der Waals surface area contributed by atoms with Crippen molar-refractivity contribution in [3.8, 4) is 44.5 Å². The quantitative estimate of drug-likeness (QED) is 0.137. The van der Waals surface area contributed by atoms with Gasteiger partial charge in [-0.2, -0.15) is 0 Å². The van der Waals surface area contributed by atoms with Gasteiger partial charge >= 0.3 is 0 Å². The van der Waals surface area contributed by atoms with Gasteiger partial charge in [-0.1, -0.05) is 175 Å². The molecule has 0 bridgehead atoms. The maximum atomic E-state index is 14.1. The van der Waals surface area contributed by atoms with E-state index < -0.39 is 0 Å². The lowest BCUT2D eigenvalue weighted by Crippen LogP contribution is -2.16. The smallest absolute Gasteiger partial charge is 0.123 e. The highest BCUT2D eigenvalue weighted by Crippen LogP contribution is 2.54. The van der Waals surface area contributed by atoms with Crippen molar-refractivity contribution in [2.75, 3.05) is 4.90 Å². The SMILES string of the molecule is Cc1cccc(N(c2ccc(F)cc2)c2ccc3c(c2)C(C)(C)c2cc(/C=C/c4ccc5c(c4)C(C)(C)c4cc(Cc6ccc7c(c6)C(C)(C)c6c(-c8ccc(F)cc8)cccc6-7)ccc4-5)ccc2-3)c1. The molecule has 0 aromatic heterocycles. The van der Waals surface area contributed by atoms with Crippen LogP contribution in [0.5, 0.6) is 0 Å². The summed E-state index contributed by atoms with van der Waals surface area (Å²) in [6, 6.07) is 63.5. The lowest BCUT2D eigenvalue weighted by molar-refractivity contribution is 0.627. The van der Waals surface area contributed by atoms with Gasteiger partial charge < -0.3 is 4.90 Å². The van der Waals surface area contributed by atoms with Crippen molar-refractivity contribution in [3.63, 3.8) is 0 Å². The van der Waals surface area contributed by atoms with Crippen molar-refractivity contribution in [2.24, 2.45) is 0 Å². The van der Waals surface area contributed by atoms with Gasteiger partial charge in [0.1, 0.15) is 11.6 Å². The fourth-order valence-electron chi connectivity index (χ4n) is 12.1. The lowest BCUT2D eigenvalue weighted by atomic mass is 9.78. The maximum absolute atomic E-state index is 14.1. The summed E-state index contributed by atoms with van der Waals surface area (Å²) in [7, 11) is 0. The Balaban J connectivity index is 0.789. The summed E-state index contributed by atoms with van der Waals surface area (Å²) in [4.78, 5) is 2.22. The molecule has 342 valence electrons. The highest BCUT2D eigenvalue weighted by Gasteiger charge is 2.39. The third-order valence-electron chi connectivity index (χ3n) is 15.8. The molecule has 9 aromatic carbocycles. The molecule has 3 aliphatic rings. The molecule has 12 rings (SSSR count). The second-order valence-electron chi connectivity index (χ2n) is 21.4. The van der Waals surface area contributed by atoms with Crippen molar-refractivity contribution in [3.05, 3.63) is 255 Å². The van der Waals surface area contributed by atoms with E-state index in [2.05, 4.69) is 199 Å². The van der Waals surface area contributed by atoms with E-state index in [0.29, 0.717) is 0 Å². The van der Waals surface area contributed by atoms with Crippen LogP contribution in [0.4, 0.5) is 25.8 Å². The maximum Gasteiger partial charge on any atom is 0.123 e. The molecule has 0 saturated carbocycles. The Labute approximate surface area is 411 Å². The van der Waals surface area contributed by atoms with Crippen LogP contribution in [0.25, 0.3) is 56.7 Å². The molecule has 0 aliphatic heterocycles. The van der Waals surface area contributed by atoms with Crippen molar-refractivity contribution >= 4 is 29.2 Å². The Hall–Kier alpha value is -7.62. The first-order valence-corrected chi connectivity index (χ1v) is 24.6. The normalized spacial score (nSPS) is 15.0. The fraction of sp³-hybridized carbons (Fsp3) is 0.164. The Bertz CT molecular complexity index is 3620. The van der Waals surface area contributed by atoms with Crippen LogP contribution in [0.2, 0.25) is 0 Å². The standard InChI is InChI=1S/C67H55F2N/c1-41-10-8-11-50(34-41)70(49-26-24-48(69)25-27-49)51-28-33-56-54-30-17-43(37-60(54)66(4,5)63(56)40-51)15-14-42-16-29-53-55-31-18-44(38-61(55)65(2,3)59(53)36-42)35-45-19-32-57-58-13-9-12-52(46-20-22-47(68)23-21-46)64(58)67(6,7)62(57)39-45/h8-34,36-40H,35H2,1-7H3/b15-14+. The summed E-state index contributed by atoms with van der Waals surface area (Å²) in [5.41, 5.74) is 26.5. The zero-order valence-corrected chi connectivity index (χ0v) is 40.9. The molecule has 0 unspecified atom stereocenters. The largest absolute Gasteiger partial charge is 0.310 e. The van der Waals surface area contributed by atoms with Crippen molar-refractivity contribution in [2.45, 2.75) is 71.1 Å². The molecular formula is C67H55F2N.